The van der Waals surface area contributed by atoms with E-state index < -0.39 is 6.29 Å². The van der Waals surface area contributed by atoms with Crippen molar-refractivity contribution in [1.82, 2.24) is 14.7 Å². The predicted molar refractivity (Wildman–Crippen MR) is 154 cm³/mol. The van der Waals surface area contributed by atoms with Gasteiger partial charge in [-0.2, -0.15) is 5.10 Å². The first-order valence-corrected chi connectivity index (χ1v) is 15.3. The van der Waals surface area contributed by atoms with Gasteiger partial charge in [-0.15, -0.1) is 0 Å². The molecule has 0 amide bonds. The first-order chi connectivity index (χ1) is 19.0. The van der Waals surface area contributed by atoms with Gasteiger partial charge in [-0.05, 0) is 105 Å². The normalized spacial score (nSPS) is 37.5. The molecule has 0 spiro atoms. The van der Waals surface area contributed by atoms with Crippen LogP contribution in [0.5, 0.6) is 0 Å². The third-order valence-corrected chi connectivity index (χ3v) is 10.3. The van der Waals surface area contributed by atoms with Crippen molar-refractivity contribution in [2.45, 2.75) is 83.2 Å². The molecule has 7 unspecified atom stereocenters. The van der Waals surface area contributed by atoms with Gasteiger partial charge in [0.1, 0.15) is 0 Å². The highest BCUT2D eigenvalue weighted by atomic mass is 16.5. The number of aryl methyl sites for hydroxylation is 1. The maximum Gasteiger partial charge on any atom is 0.171 e. The summed E-state index contributed by atoms with van der Waals surface area (Å²) >= 11 is 0. The third kappa shape index (κ3) is 4.82. The van der Waals surface area contributed by atoms with E-state index in [0.29, 0.717) is 23.9 Å². The summed E-state index contributed by atoms with van der Waals surface area (Å²) in [6.45, 7) is 5.49. The number of allylic oxidation sites excluding steroid dienone is 6. The van der Waals surface area contributed by atoms with Crippen LogP contribution in [0.1, 0.15) is 63.9 Å². The summed E-state index contributed by atoms with van der Waals surface area (Å²) in [6, 6.07) is 0.801. The molecule has 0 bridgehead atoms. The molecular formula is C34H43N3O2. The highest BCUT2D eigenvalue weighted by Crippen LogP contribution is 2.62. The first kappa shape index (κ1) is 25.3. The molecule has 206 valence electrons. The van der Waals surface area contributed by atoms with Crippen molar-refractivity contribution in [3.8, 4) is 0 Å². The van der Waals surface area contributed by atoms with E-state index in [1.807, 2.05) is 10.8 Å². The molecule has 5 nitrogen and oxygen atoms in total. The van der Waals surface area contributed by atoms with Gasteiger partial charge in [0.25, 0.3) is 0 Å². The van der Waals surface area contributed by atoms with Crippen LogP contribution in [-0.4, -0.2) is 43.3 Å². The SMILES string of the molecule is CCn1cc(C2C=CC3=C(C2)C[C@@H](C)N(C2=CC4C(C=C2)C4C2CC2)C3C2C=CC(/C=C/C(O)O)CC2)cn1. The van der Waals surface area contributed by atoms with E-state index in [9.17, 15) is 10.2 Å². The van der Waals surface area contributed by atoms with Crippen LogP contribution in [0, 0.1) is 35.5 Å². The van der Waals surface area contributed by atoms with Gasteiger partial charge in [0, 0.05) is 36.3 Å². The van der Waals surface area contributed by atoms with E-state index in [2.05, 4.69) is 78.8 Å². The fraction of sp³-hybridized carbons (Fsp3) is 0.559. The van der Waals surface area contributed by atoms with E-state index in [0.717, 1.165) is 55.9 Å². The second-order valence-electron chi connectivity index (χ2n) is 12.9. The van der Waals surface area contributed by atoms with Gasteiger partial charge in [0.2, 0.25) is 0 Å². The van der Waals surface area contributed by atoms with E-state index >= 15 is 0 Å². The Kier molecular flexibility index (Phi) is 6.55. The molecule has 0 aromatic carbocycles. The van der Waals surface area contributed by atoms with Crippen LogP contribution >= 0.6 is 0 Å². The Bertz CT molecular complexity index is 1270. The summed E-state index contributed by atoms with van der Waals surface area (Å²) in [5.41, 5.74) is 5.93. The molecular weight excluding hydrogens is 482 g/mol. The van der Waals surface area contributed by atoms with Gasteiger partial charge >= 0.3 is 0 Å². The second kappa shape index (κ2) is 10.1. The molecule has 5 aliphatic carbocycles. The molecule has 1 aromatic heterocycles. The average molecular weight is 526 g/mol. The van der Waals surface area contributed by atoms with Crippen LogP contribution in [0.25, 0.3) is 0 Å². The average Bonchev–Trinajstić information content (AvgIpc) is 3.85. The zero-order chi connectivity index (χ0) is 26.7. The summed E-state index contributed by atoms with van der Waals surface area (Å²) in [4.78, 5) is 2.77. The molecule has 1 aliphatic heterocycles. The minimum atomic E-state index is -1.38. The highest BCUT2D eigenvalue weighted by Gasteiger charge is 2.56. The van der Waals surface area contributed by atoms with E-state index in [1.54, 1.807) is 5.57 Å². The maximum atomic E-state index is 9.28. The smallest absolute Gasteiger partial charge is 0.171 e. The van der Waals surface area contributed by atoms with Crippen molar-refractivity contribution in [2.75, 3.05) is 0 Å². The number of fused-ring (bicyclic) bond motifs is 1. The lowest BCUT2D eigenvalue weighted by Crippen LogP contribution is -2.49. The summed E-state index contributed by atoms with van der Waals surface area (Å²) in [7, 11) is 0. The van der Waals surface area contributed by atoms with Gasteiger partial charge in [-0.25, -0.2) is 0 Å². The standard InChI is InChI=1S/C34H43N3O2/c1-3-36-20-27(19-35-36)25-11-13-29-26(17-25)16-21(2)37(28-12-14-30-31(18-28)33(30)23-9-10-23)34(29)24-7-4-22(5-8-24)6-15-32(38)39/h4,6-7,11-15,18-25,30-34,38-39H,3,5,8-10,16-17H2,1-2H3/b15-6+/t21-,22?,24?,25?,30?,31?,33?,34?/m1/s1. The number of hydrogen-bond acceptors (Lipinski definition) is 4. The molecule has 5 heteroatoms. The number of hydrogen-bond donors (Lipinski definition) is 2. The van der Waals surface area contributed by atoms with Gasteiger partial charge in [-0.3, -0.25) is 4.68 Å². The molecule has 2 saturated carbocycles. The van der Waals surface area contributed by atoms with Crippen molar-refractivity contribution < 1.29 is 10.2 Å². The predicted octanol–water partition coefficient (Wildman–Crippen LogP) is 5.88. The molecule has 1 aromatic rings. The molecule has 0 radical (unpaired) electrons. The van der Waals surface area contributed by atoms with Crippen LogP contribution in [0.15, 0.2) is 83.9 Å². The molecule has 6 aliphatic rings. The molecule has 2 N–H and O–H groups in total. The fourth-order valence-corrected chi connectivity index (χ4v) is 8.14. The Hall–Kier alpha value is -2.63. The summed E-state index contributed by atoms with van der Waals surface area (Å²) in [5, 5.41) is 23.1. The van der Waals surface area contributed by atoms with Gasteiger partial charge in [0.05, 0.1) is 12.2 Å². The molecule has 2 fully saturated rings. The molecule has 2 heterocycles. The lowest BCUT2D eigenvalue weighted by molar-refractivity contribution is 0.00198. The number of rotatable bonds is 7. The van der Waals surface area contributed by atoms with Gasteiger partial charge < -0.3 is 15.1 Å². The Morgan fingerprint density at radius 2 is 1.90 bits per heavy atom. The Labute approximate surface area is 233 Å². The van der Waals surface area contributed by atoms with Crippen LogP contribution in [0.2, 0.25) is 0 Å². The second-order valence-corrected chi connectivity index (χ2v) is 12.9. The molecule has 8 atom stereocenters. The van der Waals surface area contributed by atoms with Crippen molar-refractivity contribution in [3.05, 3.63) is 89.5 Å². The molecule has 7 rings (SSSR count). The zero-order valence-corrected chi connectivity index (χ0v) is 23.3. The summed E-state index contributed by atoms with van der Waals surface area (Å²) in [5.74, 6) is 4.54. The van der Waals surface area contributed by atoms with E-state index in [1.165, 1.54) is 35.8 Å². The lowest BCUT2D eigenvalue weighted by Gasteiger charge is -2.49. The largest absolute Gasteiger partial charge is 0.365 e. The zero-order valence-electron chi connectivity index (χ0n) is 23.3. The summed E-state index contributed by atoms with van der Waals surface area (Å²) < 4.78 is 2.04. The van der Waals surface area contributed by atoms with Crippen LogP contribution < -0.4 is 0 Å². The van der Waals surface area contributed by atoms with Crippen LogP contribution in [0.4, 0.5) is 0 Å². The van der Waals surface area contributed by atoms with Gasteiger partial charge in [0.15, 0.2) is 6.29 Å². The Morgan fingerprint density at radius 3 is 2.62 bits per heavy atom. The topological polar surface area (TPSA) is 61.5 Å². The molecule has 0 saturated heterocycles. The van der Waals surface area contributed by atoms with Crippen molar-refractivity contribution in [3.63, 3.8) is 0 Å². The summed E-state index contributed by atoms with van der Waals surface area (Å²) in [6.07, 6.45) is 30.8. The van der Waals surface area contributed by atoms with E-state index in [4.69, 9.17) is 0 Å². The third-order valence-electron chi connectivity index (χ3n) is 10.3. The van der Waals surface area contributed by atoms with Crippen LogP contribution in [-0.2, 0) is 6.54 Å². The number of aromatic nitrogens is 2. The van der Waals surface area contributed by atoms with Crippen molar-refractivity contribution in [1.29, 1.82) is 0 Å². The number of aliphatic hydroxyl groups is 2. The first-order valence-electron chi connectivity index (χ1n) is 15.3. The van der Waals surface area contributed by atoms with Crippen LogP contribution in [0.3, 0.4) is 0 Å². The number of nitrogens with zero attached hydrogens (tertiary/aromatic N) is 3. The fourth-order valence-electron chi connectivity index (χ4n) is 8.14. The van der Waals surface area contributed by atoms with Gasteiger partial charge in [-0.1, -0.05) is 48.1 Å². The minimum absolute atomic E-state index is 0.271. The Balaban J connectivity index is 1.19. The monoisotopic (exact) mass is 525 g/mol. The highest BCUT2D eigenvalue weighted by molar-refractivity contribution is 5.45. The molecule has 39 heavy (non-hydrogen) atoms. The van der Waals surface area contributed by atoms with Crippen molar-refractivity contribution >= 4 is 0 Å². The minimum Gasteiger partial charge on any atom is -0.365 e. The maximum absolute atomic E-state index is 9.28. The Morgan fingerprint density at radius 1 is 1.03 bits per heavy atom. The van der Waals surface area contributed by atoms with Crippen molar-refractivity contribution in [2.24, 2.45) is 35.5 Å². The quantitative estimate of drug-likeness (QED) is 0.345. The number of aliphatic hydroxyl groups excluding tert-OH is 1. The van der Waals surface area contributed by atoms with E-state index in [-0.39, 0.29) is 5.92 Å². The lowest BCUT2D eigenvalue weighted by atomic mass is 9.72.